The van der Waals surface area contributed by atoms with E-state index in [4.69, 9.17) is 5.73 Å². The number of thiazole rings is 1. The molecule has 1 unspecified atom stereocenters. The number of nitrogens with two attached hydrogens (primary N) is 1. The molecule has 0 bridgehead atoms. The van der Waals surface area contributed by atoms with Gasteiger partial charge in [0.15, 0.2) is 10.8 Å². The Morgan fingerprint density at radius 2 is 2.19 bits per heavy atom. The number of nitrogens with one attached hydrogen (secondary N) is 1. The van der Waals surface area contributed by atoms with Gasteiger partial charge >= 0.3 is 0 Å². The minimum Gasteiger partial charge on any atom is -0.383 e. The van der Waals surface area contributed by atoms with Gasteiger partial charge < -0.3 is 11.1 Å². The Bertz CT molecular complexity index is 886. The Morgan fingerprint density at radius 3 is 2.92 bits per heavy atom. The van der Waals surface area contributed by atoms with E-state index in [-0.39, 0.29) is 5.91 Å². The van der Waals surface area contributed by atoms with E-state index in [0.29, 0.717) is 34.3 Å². The average molecular weight is 371 g/mol. The van der Waals surface area contributed by atoms with Crippen molar-refractivity contribution in [3.8, 4) is 0 Å². The van der Waals surface area contributed by atoms with E-state index < -0.39 is 6.04 Å². The fourth-order valence-corrected chi connectivity index (χ4v) is 4.16. The topological polar surface area (TPSA) is 112 Å². The highest BCUT2D eigenvalue weighted by Crippen LogP contribution is 2.33. The third-order valence-electron chi connectivity index (χ3n) is 4.96. The molecule has 1 fully saturated rings. The van der Waals surface area contributed by atoms with Crippen molar-refractivity contribution in [3.63, 3.8) is 0 Å². The summed E-state index contributed by atoms with van der Waals surface area (Å²) in [7, 11) is 0. The summed E-state index contributed by atoms with van der Waals surface area (Å²) in [6.45, 7) is 0. The lowest BCUT2D eigenvalue weighted by molar-refractivity contribution is -0.120. The number of rotatable bonds is 5. The molecule has 8 nitrogen and oxygen atoms in total. The number of fused-ring (bicyclic) bond motifs is 1. The van der Waals surface area contributed by atoms with Crippen molar-refractivity contribution in [3.05, 3.63) is 24.1 Å². The van der Waals surface area contributed by atoms with Crippen LogP contribution in [0.5, 0.6) is 0 Å². The first-order valence-electron chi connectivity index (χ1n) is 8.86. The van der Waals surface area contributed by atoms with Crippen LogP contribution in [-0.2, 0) is 4.79 Å². The molecular formula is C17H21N7OS. The fraction of sp³-hybridized carbons (Fsp3) is 0.471. The average Bonchev–Trinajstić information content (AvgIpc) is 3.29. The second kappa shape index (κ2) is 7.36. The smallest absolute Gasteiger partial charge is 0.251 e. The lowest BCUT2D eigenvalue weighted by Gasteiger charge is -2.26. The second-order valence-electron chi connectivity index (χ2n) is 6.67. The largest absolute Gasteiger partial charge is 0.383 e. The fourth-order valence-electron chi connectivity index (χ4n) is 3.63. The summed E-state index contributed by atoms with van der Waals surface area (Å²) in [6, 6.07) is -0.490. The minimum absolute atomic E-state index is 0.141. The maximum absolute atomic E-state index is 13.0. The van der Waals surface area contributed by atoms with Crippen LogP contribution in [0.4, 0.5) is 10.9 Å². The number of carbonyl (C=O) groups excluding carboxylic acids is 1. The highest BCUT2D eigenvalue weighted by Gasteiger charge is 2.29. The molecule has 1 atom stereocenters. The molecule has 1 aliphatic carbocycles. The molecule has 3 N–H and O–H groups in total. The summed E-state index contributed by atoms with van der Waals surface area (Å²) in [5.41, 5.74) is 6.79. The van der Waals surface area contributed by atoms with Crippen molar-refractivity contribution in [1.29, 1.82) is 0 Å². The van der Waals surface area contributed by atoms with Gasteiger partial charge in [0.2, 0.25) is 0 Å². The number of amides is 1. The van der Waals surface area contributed by atoms with E-state index in [2.05, 4.69) is 25.4 Å². The first kappa shape index (κ1) is 16.9. The summed E-state index contributed by atoms with van der Waals surface area (Å²) in [5, 5.41) is 10.5. The van der Waals surface area contributed by atoms with Crippen LogP contribution in [0.2, 0.25) is 0 Å². The molecule has 0 saturated heterocycles. The molecule has 3 aromatic heterocycles. The lowest BCUT2D eigenvalue weighted by atomic mass is 9.84. The number of nitrogens with zero attached hydrogens (tertiary/aromatic N) is 5. The van der Waals surface area contributed by atoms with Gasteiger partial charge in [-0.05, 0) is 12.3 Å². The van der Waals surface area contributed by atoms with E-state index in [9.17, 15) is 4.79 Å². The van der Waals surface area contributed by atoms with Crippen LogP contribution in [0.1, 0.15) is 44.6 Å². The van der Waals surface area contributed by atoms with Gasteiger partial charge in [0.05, 0.1) is 5.39 Å². The molecule has 4 rings (SSSR count). The summed E-state index contributed by atoms with van der Waals surface area (Å²) < 4.78 is 1.61. The summed E-state index contributed by atoms with van der Waals surface area (Å²) in [4.78, 5) is 25.3. The number of aromatic nitrogens is 5. The van der Waals surface area contributed by atoms with E-state index in [0.717, 1.165) is 12.8 Å². The second-order valence-corrected chi connectivity index (χ2v) is 7.57. The molecule has 1 aliphatic rings. The van der Waals surface area contributed by atoms with Gasteiger partial charge in [-0.15, -0.1) is 16.4 Å². The quantitative estimate of drug-likeness (QED) is 0.713. The van der Waals surface area contributed by atoms with Gasteiger partial charge in [0, 0.05) is 17.8 Å². The first-order valence-corrected chi connectivity index (χ1v) is 9.74. The first-order chi connectivity index (χ1) is 12.7. The lowest BCUT2D eigenvalue weighted by Crippen LogP contribution is -2.30. The SMILES string of the molecule is Nc1c2cncnc2nn1C(CC1CCCCC1)C(=O)Nc1nccs1. The standard InChI is InChI=1S/C17H21N7OS/c18-14-12-9-19-10-21-15(12)23-24(14)13(8-11-4-2-1-3-5-11)16(25)22-17-20-6-7-26-17/h6-7,9-11,13H,1-5,8,18H2,(H,20,22,25). The number of hydrogen-bond donors (Lipinski definition) is 2. The Kier molecular flexibility index (Phi) is 4.79. The highest BCUT2D eigenvalue weighted by atomic mass is 32.1. The van der Waals surface area contributed by atoms with Gasteiger partial charge in [-0.3, -0.25) is 4.79 Å². The van der Waals surface area contributed by atoms with Crippen LogP contribution in [0.3, 0.4) is 0 Å². The molecule has 0 radical (unpaired) electrons. The minimum atomic E-state index is -0.490. The van der Waals surface area contributed by atoms with Gasteiger partial charge in [-0.2, -0.15) is 0 Å². The van der Waals surface area contributed by atoms with Gasteiger partial charge in [0.25, 0.3) is 5.91 Å². The Hall–Kier alpha value is -2.55. The molecule has 9 heteroatoms. The van der Waals surface area contributed by atoms with E-state index in [1.165, 1.54) is 36.9 Å². The van der Waals surface area contributed by atoms with Crippen LogP contribution >= 0.6 is 11.3 Å². The number of carbonyl (C=O) groups is 1. The molecule has 0 aromatic carbocycles. The third kappa shape index (κ3) is 3.39. The summed E-state index contributed by atoms with van der Waals surface area (Å²) in [6.07, 6.45) is 11.4. The van der Waals surface area contributed by atoms with Gasteiger partial charge in [-0.1, -0.05) is 32.1 Å². The molecule has 136 valence electrons. The number of nitrogen functional groups attached to an aromatic ring is 1. The van der Waals surface area contributed by atoms with Gasteiger partial charge in [0.1, 0.15) is 18.2 Å². The van der Waals surface area contributed by atoms with E-state index in [1.54, 1.807) is 17.1 Å². The maximum atomic E-state index is 13.0. The van der Waals surface area contributed by atoms with Crippen LogP contribution in [-0.4, -0.2) is 30.6 Å². The maximum Gasteiger partial charge on any atom is 0.251 e. The molecule has 3 aromatic rings. The molecule has 26 heavy (non-hydrogen) atoms. The van der Waals surface area contributed by atoms with E-state index in [1.807, 2.05) is 5.38 Å². The Morgan fingerprint density at radius 1 is 1.35 bits per heavy atom. The van der Waals surface area contributed by atoms with Crippen LogP contribution in [0.15, 0.2) is 24.1 Å². The van der Waals surface area contributed by atoms with Gasteiger partial charge in [-0.25, -0.2) is 19.6 Å². The van der Waals surface area contributed by atoms with Crippen LogP contribution in [0, 0.1) is 5.92 Å². The highest BCUT2D eigenvalue weighted by molar-refractivity contribution is 7.13. The number of anilines is 2. The Balaban J connectivity index is 1.66. The molecule has 1 amide bonds. The van der Waals surface area contributed by atoms with Crippen molar-refractivity contribution in [2.45, 2.75) is 44.6 Å². The van der Waals surface area contributed by atoms with Crippen LogP contribution < -0.4 is 11.1 Å². The Labute approximate surface area is 154 Å². The molecule has 1 saturated carbocycles. The van der Waals surface area contributed by atoms with Crippen molar-refractivity contribution >= 4 is 39.2 Å². The zero-order valence-electron chi connectivity index (χ0n) is 14.3. The number of hydrogen-bond acceptors (Lipinski definition) is 7. The molecule has 0 aliphatic heterocycles. The van der Waals surface area contributed by atoms with Crippen molar-refractivity contribution < 1.29 is 4.79 Å². The van der Waals surface area contributed by atoms with Crippen LogP contribution in [0.25, 0.3) is 11.0 Å². The molecule has 3 heterocycles. The molecular weight excluding hydrogens is 350 g/mol. The van der Waals surface area contributed by atoms with Crippen molar-refractivity contribution in [2.75, 3.05) is 11.1 Å². The zero-order valence-corrected chi connectivity index (χ0v) is 15.2. The third-order valence-corrected chi connectivity index (χ3v) is 5.65. The normalized spacial score (nSPS) is 16.6. The summed E-state index contributed by atoms with van der Waals surface area (Å²) >= 11 is 1.39. The predicted molar refractivity (Wildman–Crippen MR) is 101 cm³/mol. The monoisotopic (exact) mass is 371 g/mol. The zero-order chi connectivity index (χ0) is 17.9. The van der Waals surface area contributed by atoms with Crippen molar-refractivity contribution in [1.82, 2.24) is 24.7 Å². The summed E-state index contributed by atoms with van der Waals surface area (Å²) in [5.74, 6) is 0.780. The van der Waals surface area contributed by atoms with E-state index >= 15 is 0 Å². The predicted octanol–water partition coefficient (Wildman–Crippen LogP) is 3.02. The van der Waals surface area contributed by atoms with Crippen molar-refractivity contribution in [2.24, 2.45) is 5.92 Å². The molecule has 0 spiro atoms.